The second-order valence-electron chi connectivity index (χ2n) is 8.69. The maximum Gasteiger partial charge on any atom is 0.267 e. The van der Waals surface area contributed by atoms with Crippen molar-refractivity contribution >= 4 is 43.6 Å². The summed E-state index contributed by atoms with van der Waals surface area (Å²) >= 11 is 1.59. The third kappa shape index (κ3) is 3.90. The highest BCUT2D eigenvalue weighted by atomic mass is 32.2. The number of nitrogens with zero attached hydrogens (tertiary/aromatic N) is 2. The number of thiophene rings is 1. The van der Waals surface area contributed by atoms with Crippen LogP contribution in [-0.2, 0) is 10.0 Å². The monoisotopic (exact) mass is 498 g/mol. The Morgan fingerprint density at radius 2 is 1.91 bits per heavy atom. The number of piperidine rings is 1. The van der Waals surface area contributed by atoms with Crippen LogP contribution in [0.3, 0.4) is 0 Å². The Morgan fingerprint density at radius 3 is 2.59 bits per heavy atom. The molecule has 0 atom stereocenters. The van der Waals surface area contributed by atoms with E-state index in [1.165, 1.54) is 24.4 Å². The second-order valence-corrected chi connectivity index (χ2v) is 11.2. The highest BCUT2D eigenvalue weighted by Gasteiger charge is 2.35. The fraction of sp³-hybridized carbons (Fsp3) is 0.333. The Labute approximate surface area is 203 Å². The molecule has 10 heteroatoms. The molecule has 34 heavy (non-hydrogen) atoms. The third-order valence-electron chi connectivity index (χ3n) is 6.52. The van der Waals surface area contributed by atoms with Gasteiger partial charge < -0.3 is 15.0 Å². The van der Waals surface area contributed by atoms with Crippen molar-refractivity contribution in [2.24, 2.45) is 0 Å². The number of methoxy groups -OCH3 is 1. The number of hydrogen-bond donors (Lipinski definition) is 2. The number of benzene rings is 1. The fourth-order valence-electron chi connectivity index (χ4n) is 4.75. The van der Waals surface area contributed by atoms with E-state index in [0.717, 1.165) is 42.6 Å². The number of anilines is 3. The van der Waals surface area contributed by atoms with Crippen LogP contribution in [0.2, 0.25) is 0 Å². The lowest BCUT2D eigenvalue weighted by Crippen LogP contribution is -2.38. The molecule has 1 fully saturated rings. The van der Waals surface area contributed by atoms with Gasteiger partial charge in [-0.25, -0.2) is 13.4 Å². The van der Waals surface area contributed by atoms with Gasteiger partial charge in [-0.2, -0.15) is 0 Å². The van der Waals surface area contributed by atoms with Gasteiger partial charge >= 0.3 is 0 Å². The van der Waals surface area contributed by atoms with Crippen LogP contribution in [0, 0.1) is 13.8 Å². The average Bonchev–Trinajstić information content (AvgIpc) is 3.30. The molecule has 1 aromatic carbocycles. The first kappa shape index (κ1) is 22.7. The molecule has 3 aromatic rings. The smallest absolute Gasteiger partial charge is 0.267 e. The van der Waals surface area contributed by atoms with E-state index in [4.69, 9.17) is 4.74 Å². The molecule has 0 spiro atoms. The van der Waals surface area contributed by atoms with E-state index in [0.29, 0.717) is 17.2 Å². The normalized spacial score (nSPS) is 15.2. The van der Waals surface area contributed by atoms with E-state index in [1.54, 1.807) is 11.3 Å². The Hall–Kier alpha value is -3.11. The lowest BCUT2D eigenvalue weighted by atomic mass is 9.84. The summed E-state index contributed by atoms with van der Waals surface area (Å²) in [4.78, 5) is 19.5. The van der Waals surface area contributed by atoms with Crippen molar-refractivity contribution in [3.05, 3.63) is 58.1 Å². The molecule has 0 unspecified atom stereocenters. The molecule has 2 bridgehead atoms. The summed E-state index contributed by atoms with van der Waals surface area (Å²) in [5, 5.41) is 5.92. The molecule has 3 aliphatic rings. The molecule has 5 heterocycles. The van der Waals surface area contributed by atoms with E-state index in [1.807, 2.05) is 37.4 Å². The van der Waals surface area contributed by atoms with Gasteiger partial charge in [0.05, 0.1) is 35.2 Å². The van der Waals surface area contributed by atoms with Gasteiger partial charge in [0, 0.05) is 24.0 Å². The third-order valence-corrected chi connectivity index (χ3v) is 8.92. The Morgan fingerprint density at radius 1 is 1.21 bits per heavy atom. The summed E-state index contributed by atoms with van der Waals surface area (Å²) in [6.45, 7) is 5.75. The Bertz CT molecular complexity index is 1360. The van der Waals surface area contributed by atoms with Gasteiger partial charge in [-0.3, -0.25) is 9.52 Å². The van der Waals surface area contributed by atoms with Gasteiger partial charge in [-0.15, -0.1) is 11.3 Å². The highest BCUT2D eigenvalue weighted by molar-refractivity contribution is 7.92. The number of carbonyl (C=O) groups is 1. The van der Waals surface area contributed by atoms with E-state index in [9.17, 15) is 13.2 Å². The number of hydrogen-bond acceptors (Lipinski definition) is 7. The number of ether oxygens (including phenoxy) is 1. The fourth-order valence-corrected chi connectivity index (χ4v) is 7.30. The number of sulfonamides is 1. The quantitative estimate of drug-likeness (QED) is 0.518. The van der Waals surface area contributed by atoms with Crippen molar-refractivity contribution in [1.29, 1.82) is 0 Å². The first-order valence-corrected chi connectivity index (χ1v) is 13.5. The topological polar surface area (TPSA) is 101 Å². The first-order chi connectivity index (χ1) is 16.3. The summed E-state index contributed by atoms with van der Waals surface area (Å²) in [5.74, 6) is 0.0949. The molecular weight excluding hydrogens is 472 g/mol. The van der Waals surface area contributed by atoms with Crippen molar-refractivity contribution in [2.45, 2.75) is 37.5 Å². The van der Waals surface area contributed by atoms with Crippen LogP contribution in [0.5, 0.6) is 5.88 Å². The average molecular weight is 499 g/mol. The van der Waals surface area contributed by atoms with Crippen molar-refractivity contribution < 1.29 is 17.9 Å². The minimum absolute atomic E-state index is 0.0465. The van der Waals surface area contributed by atoms with Crippen LogP contribution in [0.25, 0.3) is 0 Å². The molecular formula is C24H26N4O4S2. The molecule has 1 amide bonds. The van der Waals surface area contributed by atoms with Crippen LogP contribution < -0.4 is 19.7 Å². The number of pyridine rings is 1. The highest BCUT2D eigenvalue weighted by Crippen LogP contribution is 2.47. The molecule has 0 radical (unpaired) electrons. The van der Waals surface area contributed by atoms with Gasteiger partial charge in [0.2, 0.25) is 5.88 Å². The van der Waals surface area contributed by atoms with E-state index in [-0.39, 0.29) is 22.4 Å². The summed E-state index contributed by atoms with van der Waals surface area (Å²) in [7, 11) is -2.67. The maximum atomic E-state index is 13.3. The lowest BCUT2D eigenvalue weighted by Gasteiger charge is -2.40. The molecule has 3 aliphatic heterocycles. The summed E-state index contributed by atoms with van der Waals surface area (Å²) in [5.41, 5.74) is 4.16. The number of aryl methyl sites for hydroxylation is 2. The van der Waals surface area contributed by atoms with E-state index >= 15 is 0 Å². The zero-order valence-corrected chi connectivity index (χ0v) is 20.8. The first-order valence-electron chi connectivity index (χ1n) is 11.1. The van der Waals surface area contributed by atoms with Crippen molar-refractivity contribution in [3.63, 3.8) is 0 Å². The maximum absolute atomic E-state index is 13.3. The van der Waals surface area contributed by atoms with Gasteiger partial charge in [0.25, 0.3) is 15.9 Å². The number of carbonyl (C=O) groups excluding carboxylic acids is 1. The largest absolute Gasteiger partial charge is 0.480 e. The van der Waals surface area contributed by atoms with E-state index < -0.39 is 10.0 Å². The summed E-state index contributed by atoms with van der Waals surface area (Å²) in [6, 6.07) is 6.92. The number of aromatic nitrogens is 1. The van der Waals surface area contributed by atoms with Crippen molar-refractivity contribution in [2.75, 3.05) is 35.1 Å². The van der Waals surface area contributed by atoms with E-state index in [2.05, 4.69) is 19.9 Å². The number of rotatable bonds is 6. The molecule has 6 rings (SSSR count). The van der Waals surface area contributed by atoms with Crippen molar-refractivity contribution in [3.8, 4) is 5.88 Å². The lowest BCUT2D eigenvalue weighted by molar-refractivity contribution is 0.102. The SMILES string of the molecule is COc1ncc(NC(=O)c2csc3c2C2CCN3CC2)cc1S(=O)(=O)Nc1c(C)cccc1C. The van der Waals surface area contributed by atoms with Crippen LogP contribution in [0.15, 0.2) is 40.7 Å². The summed E-state index contributed by atoms with van der Waals surface area (Å²) in [6.07, 6.45) is 3.52. The molecule has 8 nitrogen and oxygen atoms in total. The Balaban J connectivity index is 1.45. The van der Waals surface area contributed by atoms with Gasteiger partial charge in [-0.1, -0.05) is 18.2 Å². The van der Waals surface area contributed by atoms with Gasteiger partial charge in [0.15, 0.2) is 4.90 Å². The predicted molar refractivity (Wildman–Crippen MR) is 134 cm³/mol. The minimum Gasteiger partial charge on any atom is -0.480 e. The minimum atomic E-state index is -4.03. The molecule has 2 N–H and O–H groups in total. The number of nitrogens with one attached hydrogen (secondary N) is 2. The van der Waals surface area contributed by atoms with Gasteiger partial charge in [-0.05, 0) is 49.8 Å². The molecule has 0 aliphatic carbocycles. The molecule has 0 saturated carbocycles. The molecule has 1 saturated heterocycles. The zero-order chi connectivity index (χ0) is 24.0. The zero-order valence-electron chi connectivity index (χ0n) is 19.2. The van der Waals surface area contributed by atoms with Crippen molar-refractivity contribution in [1.82, 2.24) is 4.98 Å². The standard InChI is InChI=1S/C24H26N4O4S2/c1-14-5-4-6-15(2)21(14)27-34(30,31)19-11-17(12-25-23(19)32-3)26-22(29)18-13-33-24-20(18)16-7-9-28(24)10-8-16/h4-6,11-13,16,27H,7-10H2,1-3H3,(H,26,29). The predicted octanol–water partition coefficient (Wildman–Crippen LogP) is 4.52. The van der Waals surface area contributed by atoms with Gasteiger partial charge in [0.1, 0.15) is 0 Å². The molecule has 178 valence electrons. The van der Waals surface area contributed by atoms with Crippen LogP contribution in [0.1, 0.15) is 45.8 Å². The van der Waals surface area contributed by atoms with Crippen LogP contribution in [0.4, 0.5) is 16.4 Å². The van der Waals surface area contributed by atoms with Crippen LogP contribution in [-0.4, -0.2) is 39.5 Å². The number of para-hydroxylation sites is 1. The number of fused-ring (bicyclic) bond motifs is 2. The second kappa shape index (κ2) is 8.59. The molecule has 2 aromatic heterocycles. The number of amides is 1. The Kier molecular flexibility index (Phi) is 5.73. The summed E-state index contributed by atoms with van der Waals surface area (Å²) < 4.78 is 34.4. The van der Waals surface area contributed by atoms with Crippen LogP contribution >= 0.6 is 11.3 Å².